The molecule has 1 aromatic carbocycles. The standard InChI is InChI=1S/C11H10N2O4/c1-2-17-11-9(6-14)8-5-7(13(15)16)3-4-10(8)12-11/h3-5,11-12H,2H2,1H3. The minimum Gasteiger partial charge on any atom is -0.355 e. The van der Waals surface area contributed by atoms with Gasteiger partial charge in [-0.3, -0.25) is 10.1 Å². The highest BCUT2D eigenvalue weighted by molar-refractivity contribution is 5.99. The average Bonchev–Trinajstić information content (AvgIpc) is 2.65. The van der Waals surface area contributed by atoms with Gasteiger partial charge in [-0.2, -0.15) is 0 Å². The van der Waals surface area contributed by atoms with E-state index in [0.29, 0.717) is 17.9 Å². The van der Waals surface area contributed by atoms with Gasteiger partial charge in [0.15, 0.2) is 6.23 Å². The summed E-state index contributed by atoms with van der Waals surface area (Å²) in [5, 5.41) is 13.6. The Kier molecular flexibility index (Phi) is 2.91. The van der Waals surface area contributed by atoms with Gasteiger partial charge in [-0.1, -0.05) is 0 Å². The van der Waals surface area contributed by atoms with E-state index in [1.54, 1.807) is 18.9 Å². The SMILES string of the molecule is CCOC1Nc2ccc([N+](=O)[O-])cc2C1=C=O. The second-order valence-electron chi connectivity index (χ2n) is 3.48. The van der Waals surface area contributed by atoms with E-state index in [-0.39, 0.29) is 11.3 Å². The van der Waals surface area contributed by atoms with Crippen molar-refractivity contribution in [3.63, 3.8) is 0 Å². The number of ether oxygens (including phenoxy) is 1. The van der Waals surface area contributed by atoms with Crippen LogP contribution in [0.4, 0.5) is 11.4 Å². The third-order valence-corrected chi connectivity index (χ3v) is 2.50. The molecule has 1 N–H and O–H groups in total. The van der Waals surface area contributed by atoms with E-state index in [1.165, 1.54) is 12.1 Å². The lowest BCUT2D eigenvalue weighted by Crippen LogP contribution is -2.18. The smallest absolute Gasteiger partial charge is 0.270 e. The van der Waals surface area contributed by atoms with Crippen LogP contribution < -0.4 is 5.32 Å². The topological polar surface area (TPSA) is 81.5 Å². The van der Waals surface area contributed by atoms with E-state index < -0.39 is 11.2 Å². The minimum absolute atomic E-state index is 0.0598. The molecule has 1 unspecified atom stereocenters. The van der Waals surface area contributed by atoms with Crippen molar-refractivity contribution in [2.75, 3.05) is 11.9 Å². The van der Waals surface area contributed by atoms with Crippen LogP contribution in [0.15, 0.2) is 18.2 Å². The maximum absolute atomic E-state index is 10.9. The Labute approximate surface area is 97.0 Å². The molecular weight excluding hydrogens is 224 g/mol. The van der Waals surface area contributed by atoms with Crippen LogP contribution in [-0.4, -0.2) is 23.7 Å². The molecule has 17 heavy (non-hydrogen) atoms. The van der Waals surface area contributed by atoms with Gasteiger partial charge in [-0.25, -0.2) is 4.79 Å². The summed E-state index contributed by atoms with van der Waals surface area (Å²) in [4.78, 5) is 21.0. The zero-order chi connectivity index (χ0) is 12.4. The van der Waals surface area contributed by atoms with E-state index in [4.69, 9.17) is 4.74 Å². The second-order valence-corrected chi connectivity index (χ2v) is 3.48. The van der Waals surface area contributed by atoms with Crippen molar-refractivity contribution in [1.29, 1.82) is 0 Å². The molecule has 1 atom stereocenters. The summed E-state index contributed by atoms with van der Waals surface area (Å²) in [6.45, 7) is 2.23. The molecule has 1 heterocycles. The fourth-order valence-electron chi connectivity index (χ4n) is 1.75. The molecule has 0 radical (unpaired) electrons. The van der Waals surface area contributed by atoms with Crippen molar-refractivity contribution in [3.05, 3.63) is 33.9 Å². The number of nitrogens with zero attached hydrogens (tertiary/aromatic N) is 1. The van der Waals surface area contributed by atoms with Crippen LogP contribution in [0.25, 0.3) is 5.57 Å². The molecule has 1 aliphatic rings. The van der Waals surface area contributed by atoms with Gasteiger partial charge in [-0.05, 0) is 13.0 Å². The van der Waals surface area contributed by atoms with Crippen molar-refractivity contribution in [2.24, 2.45) is 0 Å². The fourth-order valence-corrected chi connectivity index (χ4v) is 1.75. The normalized spacial score (nSPS) is 17.2. The van der Waals surface area contributed by atoms with Crippen molar-refractivity contribution in [2.45, 2.75) is 13.2 Å². The zero-order valence-corrected chi connectivity index (χ0v) is 9.10. The number of fused-ring (bicyclic) bond motifs is 1. The lowest BCUT2D eigenvalue weighted by atomic mass is 10.1. The largest absolute Gasteiger partial charge is 0.355 e. The summed E-state index contributed by atoms with van der Waals surface area (Å²) in [7, 11) is 0. The second kappa shape index (κ2) is 4.37. The molecule has 0 bridgehead atoms. The van der Waals surface area contributed by atoms with Crippen LogP contribution in [0.5, 0.6) is 0 Å². The fraction of sp³-hybridized carbons (Fsp3) is 0.273. The Hall–Kier alpha value is -2.17. The highest BCUT2D eigenvalue weighted by Gasteiger charge is 2.29. The average molecular weight is 234 g/mol. The predicted octanol–water partition coefficient (Wildman–Crippen LogP) is 1.60. The third-order valence-electron chi connectivity index (χ3n) is 2.50. The molecule has 0 amide bonds. The van der Waals surface area contributed by atoms with E-state index >= 15 is 0 Å². The van der Waals surface area contributed by atoms with Gasteiger partial charge in [0, 0.05) is 30.0 Å². The highest BCUT2D eigenvalue weighted by atomic mass is 16.6. The first kappa shape index (κ1) is 11.3. The maximum atomic E-state index is 10.9. The number of hydrogen-bond acceptors (Lipinski definition) is 5. The van der Waals surface area contributed by atoms with Crippen LogP contribution in [0.3, 0.4) is 0 Å². The maximum Gasteiger partial charge on any atom is 0.270 e. The molecule has 0 saturated heterocycles. The molecular formula is C11H10N2O4. The highest BCUT2D eigenvalue weighted by Crippen LogP contribution is 2.36. The van der Waals surface area contributed by atoms with Crippen LogP contribution in [0.2, 0.25) is 0 Å². The first-order valence-electron chi connectivity index (χ1n) is 5.09. The first-order chi connectivity index (χ1) is 8.17. The molecule has 88 valence electrons. The van der Waals surface area contributed by atoms with E-state index in [2.05, 4.69) is 5.32 Å². The number of nitrogens with one attached hydrogen (secondary N) is 1. The Morgan fingerprint density at radius 3 is 2.94 bits per heavy atom. The molecule has 1 aliphatic heterocycles. The number of rotatable bonds is 3. The molecule has 0 saturated carbocycles. The Morgan fingerprint density at radius 1 is 1.59 bits per heavy atom. The van der Waals surface area contributed by atoms with Gasteiger partial charge in [0.1, 0.15) is 5.94 Å². The molecule has 0 aliphatic carbocycles. The molecule has 0 aromatic heterocycles. The molecule has 0 spiro atoms. The van der Waals surface area contributed by atoms with Crippen LogP contribution in [0.1, 0.15) is 12.5 Å². The van der Waals surface area contributed by atoms with Gasteiger partial charge in [-0.15, -0.1) is 0 Å². The summed E-state index contributed by atoms with van der Waals surface area (Å²) in [6.07, 6.45) is -0.575. The van der Waals surface area contributed by atoms with E-state index in [0.717, 1.165) is 0 Å². The molecule has 6 heteroatoms. The summed E-state index contributed by atoms with van der Waals surface area (Å²) in [5.74, 6) is 1.78. The number of non-ortho nitro benzene ring substituents is 1. The quantitative estimate of drug-likeness (QED) is 0.488. The minimum atomic E-state index is -0.575. The molecule has 1 aromatic rings. The van der Waals surface area contributed by atoms with Crippen molar-refractivity contribution < 1.29 is 14.5 Å². The van der Waals surface area contributed by atoms with Crippen LogP contribution in [-0.2, 0) is 9.53 Å². The zero-order valence-electron chi connectivity index (χ0n) is 9.10. The molecule has 2 rings (SSSR count). The number of nitro groups is 1. The number of nitro benzene ring substituents is 1. The van der Waals surface area contributed by atoms with Gasteiger partial charge < -0.3 is 10.1 Å². The number of anilines is 1. The predicted molar refractivity (Wildman–Crippen MR) is 61.2 cm³/mol. The van der Waals surface area contributed by atoms with Crippen LogP contribution >= 0.6 is 0 Å². The van der Waals surface area contributed by atoms with Gasteiger partial charge >= 0.3 is 0 Å². The summed E-state index contributed by atoms with van der Waals surface area (Å²) < 4.78 is 5.31. The van der Waals surface area contributed by atoms with E-state index in [9.17, 15) is 14.9 Å². The Balaban J connectivity index is 2.45. The number of hydrogen-bond donors (Lipinski definition) is 1. The number of benzene rings is 1. The van der Waals surface area contributed by atoms with Crippen molar-refractivity contribution in [1.82, 2.24) is 0 Å². The first-order valence-corrected chi connectivity index (χ1v) is 5.09. The molecule has 6 nitrogen and oxygen atoms in total. The lowest BCUT2D eigenvalue weighted by Gasteiger charge is -2.10. The summed E-state index contributed by atoms with van der Waals surface area (Å²) >= 11 is 0. The van der Waals surface area contributed by atoms with Crippen molar-refractivity contribution >= 4 is 22.9 Å². The third kappa shape index (κ3) is 1.91. The van der Waals surface area contributed by atoms with Gasteiger partial charge in [0.25, 0.3) is 5.69 Å². The molecule has 0 fully saturated rings. The van der Waals surface area contributed by atoms with Gasteiger partial charge in [0.05, 0.1) is 10.5 Å². The van der Waals surface area contributed by atoms with E-state index in [1.807, 2.05) is 0 Å². The Morgan fingerprint density at radius 2 is 2.35 bits per heavy atom. The summed E-state index contributed by atoms with van der Waals surface area (Å²) in [6, 6.07) is 4.29. The van der Waals surface area contributed by atoms with Gasteiger partial charge in [0.2, 0.25) is 0 Å². The van der Waals surface area contributed by atoms with Crippen LogP contribution in [0, 0.1) is 10.1 Å². The Bertz CT molecular complexity index is 520. The lowest BCUT2D eigenvalue weighted by molar-refractivity contribution is -0.384. The summed E-state index contributed by atoms with van der Waals surface area (Å²) in [5.41, 5.74) is 1.33. The number of carbonyl (C=O) groups excluding carboxylic acids is 1. The monoisotopic (exact) mass is 234 g/mol. The van der Waals surface area contributed by atoms with Crippen molar-refractivity contribution in [3.8, 4) is 0 Å².